The second kappa shape index (κ2) is 7.27. The van der Waals surface area contributed by atoms with E-state index in [2.05, 4.69) is 38.2 Å². The molecule has 0 saturated heterocycles. The molecular formula is C21H26O3. The first-order valence-corrected chi connectivity index (χ1v) is 8.65. The van der Waals surface area contributed by atoms with E-state index in [1.807, 2.05) is 25.2 Å². The third-order valence-corrected chi connectivity index (χ3v) is 4.52. The number of ether oxygens (including phenoxy) is 2. The highest BCUT2D eigenvalue weighted by Crippen LogP contribution is 2.27. The maximum absolute atomic E-state index is 9.95. The number of rotatable bonds is 4. The van der Waals surface area contributed by atoms with Crippen molar-refractivity contribution in [2.45, 2.75) is 51.9 Å². The Morgan fingerprint density at radius 3 is 2.50 bits per heavy atom. The van der Waals surface area contributed by atoms with Gasteiger partial charge in [0.15, 0.2) is 0 Å². The smallest absolute Gasteiger partial charge is 0.124 e. The van der Waals surface area contributed by atoms with E-state index in [1.165, 1.54) is 11.1 Å². The van der Waals surface area contributed by atoms with Gasteiger partial charge < -0.3 is 14.6 Å². The Morgan fingerprint density at radius 2 is 1.79 bits per heavy atom. The number of allylic oxidation sites excluding steroid dienone is 4. The van der Waals surface area contributed by atoms with Gasteiger partial charge in [0.1, 0.15) is 23.7 Å². The standard InChI is InChI=1S/C21H26O3/c1-14-4-7-17(8-5-14)23-19-10-15(2)11-20(12-19)24-18-9-6-16(3)21(22)13-18/h4-7,9-10,12-13,16-17,20-22H,8,11H2,1-3H3. The van der Waals surface area contributed by atoms with E-state index >= 15 is 0 Å². The quantitative estimate of drug-likeness (QED) is 0.835. The highest BCUT2D eigenvalue weighted by atomic mass is 16.5. The molecule has 0 aromatic carbocycles. The van der Waals surface area contributed by atoms with Crippen molar-refractivity contribution in [2.24, 2.45) is 5.92 Å². The first-order chi connectivity index (χ1) is 11.5. The summed E-state index contributed by atoms with van der Waals surface area (Å²) in [5, 5.41) is 9.95. The zero-order valence-corrected chi connectivity index (χ0v) is 14.6. The largest absolute Gasteiger partial charge is 0.486 e. The van der Waals surface area contributed by atoms with E-state index in [4.69, 9.17) is 9.47 Å². The van der Waals surface area contributed by atoms with Crippen LogP contribution >= 0.6 is 0 Å². The summed E-state index contributed by atoms with van der Waals surface area (Å²) < 4.78 is 12.1. The van der Waals surface area contributed by atoms with Crippen molar-refractivity contribution in [3.8, 4) is 0 Å². The van der Waals surface area contributed by atoms with Gasteiger partial charge in [0.2, 0.25) is 0 Å². The molecule has 0 saturated carbocycles. The Balaban J connectivity index is 1.64. The number of hydrogen-bond donors (Lipinski definition) is 1. The minimum atomic E-state index is -0.479. The molecule has 24 heavy (non-hydrogen) atoms. The van der Waals surface area contributed by atoms with Crippen molar-refractivity contribution < 1.29 is 14.6 Å². The molecule has 0 aromatic rings. The van der Waals surface area contributed by atoms with E-state index < -0.39 is 6.10 Å². The maximum atomic E-state index is 9.95. The Labute approximate surface area is 144 Å². The minimum absolute atomic E-state index is 0.0636. The van der Waals surface area contributed by atoms with Gasteiger partial charge in [0, 0.05) is 18.8 Å². The lowest BCUT2D eigenvalue weighted by atomic mass is 9.98. The van der Waals surface area contributed by atoms with Gasteiger partial charge in [-0.25, -0.2) is 0 Å². The monoisotopic (exact) mass is 326 g/mol. The summed E-state index contributed by atoms with van der Waals surface area (Å²) in [6.07, 6.45) is 17.5. The summed E-state index contributed by atoms with van der Waals surface area (Å²) in [6, 6.07) is 0. The van der Waals surface area contributed by atoms with Gasteiger partial charge >= 0.3 is 0 Å². The lowest BCUT2D eigenvalue weighted by molar-refractivity contribution is 0.124. The minimum Gasteiger partial charge on any atom is -0.486 e. The van der Waals surface area contributed by atoms with Crippen molar-refractivity contribution in [2.75, 3.05) is 0 Å². The van der Waals surface area contributed by atoms with Gasteiger partial charge in [-0.05, 0) is 44.2 Å². The molecule has 1 N–H and O–H groups in total. The van der Waals surface area contributed by atoms with Crippen LogP contribution < -0.4 is 0 Å². The van der Waals surface area contributed by atoms with E-state index in [-0.39, 0.29) is 18.1 Å². The molecule has 3 heteroatoms. The molecule has 3 aliphatic rings. The highest BCUT2D eigenvalue weighted by Gasteiger charge is 2.20. The predicted molar refractivity (Wildman–Crippen MR) is 96.1 cm³/mol. The molecule has 0 fully saturated rings. The topological polar surface area (TPSA) is 38.7 Å². The third-order valence-electron chi connectivity index (χ3n) is 4.52. The van der Waals surface area contributed by atoms with E-state index in [1.54, 1.807) is 6.08 Å². The molecule has 3 nitrogen and oxygen atoms in total. The molecule has 0 amide bonds. The summed E-state index contributed by atoms with van der Waals surface area (Å²) in [5.41, 5.74) is 2.52. The van der Waals surface area contributed by atoms with Crippen LogP contribution in [0.3, 0.4) is 0 Å². The van der Waals surface area contributed by atoms with Gasteiger partial charge in [0.05, 0.1) is 6.10 Å². The Morgan fingerprint density at radius 1 is 1.00 bits per heavy atom. The summed E-state index contributed by atoms with van der Waals surface area (Å²) in [5.74, 6) is 1.72. The van der Waals surface area contributed by atoms with Crippen molar-refractivity contribution in [3.05, 3.63) is 71.3 Å². The highest BCUT2D eigenvalue weighted by molar-refractivity contribution is 5.29. The van der Waals surface area contributed by atoms with Crippen LogP contribution in [-0.4, -0.2) is 23.4 Å². The van der Waals surface area contributed by atoms with E-state index in [0.717, 1.165) is 24.4 Å². The van der Waals surface area contributed by atoms with Gasteiger partial charge in [-0.1, -0.05) is 36.3 Å². The fraction of sp³-hybridized carbons (Fsp3) is 0.429. The van der Waals surface area contributed by atoms with Crippen LogP contribution in [0, 0.1) is 5.92 Å². The summed E-state index contributed by atoms with van der Waals surface area (Å²) in [7, 11) is 0. The molecule has 3 aliphatic carbocycles. The van der Waals surface area contributed by atoms with E-state index in [9.17, 15) is 5.11 Å². The zero-order valence-electron chi connectivity index (χ0n) is 14.6. The SMILES string of the molecule is CC1=CCC(OC2=CC(OC3=CC(O)C(C)C=C3)CC(C)=C2)C=C1. The van der Waals surface area contributed by atoms with Crippen molar-refractivity contribution >= 4 is 0 Å². The summed E-state index contributed by atoms with van der Waals surface area (Å²) in [6.45, 7) is 6.18. The van der Waals surface area contributed by atoms with Gasteiger partial charge in [0.25, 0.3) is 0 Å². The van der Waals surface area contributed by atoms with Crippen molar-refractivity contribution in [1.82, 2.24) is 0 Å². The average Bonchev–Trinajstić information content (AvgIpc) is 2.53. The maximum Gasteiger partial charge on any atom is 0.124 e. The molecule has 4 unspecified atom stereocenters. The molecule has 0 radical (unpaired) electrons. The van der Waals surface area contributed by atoms with Crippen LogP contribution in [0.1, 0.15) is 33.6 Å². The molecular weight excluding hydrogens is 300 g/mol. The Hall–Kier alpha value is -2.00. The van der Waals surface area contributed by atoms with E-state index in [0.29, 0.717) is 0 Å². The van der Waals surface area contributed by atoms with Crippen LogP contribution in [0.4, 0.5) is 0 Å². The molecule has 0 bridgehead atoms. The number of aliphatic hydroxyl groups excluding tert-OH is 1. The van der Waals surface area contributed by atoms with Crippen LogP contribution in [-0.2, 0) is 9.47 Å². The molecule has 0 aliphatic heterocycles. The predicted octanol–water partition coefficient (Wildman–Crippen LogP) is 4.35. The normalized spacial score (nSPS) is 32.5. The van der Waals surface area contributed by atoms with Gasteiger partial charge in [-0.2, -0.15) is 0 Å². The fourth-order valence-corrected chi connectivity index (χ4v) is 3.02. The molecule has 3 rings (SSSR count). The Bertz CT molecular complexity index is 661. The third kappa shape index (κ3) is 4.30. The molecule has 4 atom stereocenters. The van der Waals surface area contributed by atoms with Crippen molar-refractivity contribution in [1.29, 1.82) is 0 Å². The van der Waals surface area contributed by atoms with Crippen molar-refractivity contribution in [3.63, 3.8) is 0 Å². The van der Waals surface area contributed by atoms with Gasteiger partial charge in [-0.15, -0.1) is 0 Å². The molecule has 0 heterocycles. The van der Waals surface area contributed by atoms with Crippen LogP contribution in [0.15, 0.2) is 71.3 Å². The van der Waals surface area contributed by atoms with Crippen LogP contribution in [0.25, 0.3) is 0 Å². The van der Waals surface area contributed by atoms with Crippen LogP contribution in [0.2, 0.25) is 0 Å². The summed E-state index contributed by atoms with van der Waals surface area (Å²) in [4.78, 5) is 0. The molecule has 0 aromatic heterocycles. The van der Waals surface area contributed by atoms with Gasteiger partial charge in [-0.3, -0.25) is 0 Å². The first kappa shape index (κ1) is 16.8. The number of hydrogen-bond acceptors (Lipinski definition) is 3. The fourth-order valence-electron chi connectivity index (χ4n) is 3.02. The second-order valence-corrected chi connectivity index (χ2v) is 6.90. The molecule has 128 valence electrons. The number of aliphatic hydroxyl groups is 1. The second-order valence-electron chi connectivity index (χ2n) is 6.90. The lowest BCUT2D eigenvalue weighted by Crippen LogP contribution is -2.21. The molecule has 0 spiro atoms. The zero-order chi connectivity index (χ0) is 17.1. The Kier molecular flexibility index (Phi) is 5.10. The first-order valence-electron chi connectivity index (χ1n) is 8.65. The van der Waals surface area contributed by atoms with Crippen LogP contribution in [0.5, 0.6) is 0 Å². The average molecular weight is 326 g/mol. The summed E-state index contributed by atoms with van der Waals surface area (Å²) >= 11 is 0. The lowest BCUT2D eigenvalue weighted by Gasteiger charge is -2.26.